The lowest BCUT2D eigenvalue weighted by Crippen LogP contribution is -2.25. The van der Waals surface area contributed by atoms with E-state index in [0.29, 0.717) is 18.9 Å². The highest BCUT2D eigenvalue weighted by molar-refractivity contribution is 5.75. The molecule has 1 unspecified atom stereocenters. The molecule has 6 nitrogen and oxygen atoms in total. The van der Waals surface area contributed by atoms with Crippen molar-refractivity contribution in [1.29, 1.82) is 0 Å². The van der Waals surface area contributed by atoms with Crippen LogP contribution in [-0.2, 0) is 13.2 Å². The number of aromatic nitrogens is 2. The Morgan fingerprint density at radius 2 is 1.58 bits per heavy atom. The van der Waals surface area contributed by atoms with Crippen molar-refractivity contribution < 1.29 is 19.3 Å². The summed E-state index contributed by atoms with van der Waals surface area (Å²) in [6, 6.07) is 19.4. The topological polar surface area (TPSA) is 65.7 Å². The zero-order valence-corrected chi connectivity index (χ0v) is 19.5. The molecule has 1 heterocycles. The smallest absolute Gasteiger partial charge is 0.148 e. The van der Waals surface area contributed by atoms with Gasteiger partial charge >= 0.3 is 0 Å². The number of benzene rings is 3. The Kier molecular flexibility index (Phi) is 6.84. The van der Waals surface area contributed by atoms with E-state index in [4.69, 9.17) is 19.2 Å². The summed E-state index contributed by atoms with van der Waals surface area (Å²) in [4.78, 5) is 4.77. The molecule has 4 aromatic rings. The molecule has 0 amide bonds. The summed E-state index contributed by atoms with van der Waals surface area (Å²) in [6.07, 6.45) is -0.716. The molecule has 0 saturated carbocycles. The Hall–Kier alpha value is -3.51. The first-order chi connectivity index (χ1) is 15.9. The molecule has 0 fully saturated rings. The summed E-state index contributed by atoms with van der Waals surface area (Å²) >= 11 is 0. The molecule has 33 heavy (non-hydrogen) atoms. The quantitative estimate of drug-likeness (QED) is 0.392. The van der Waals surface area contributed by atoms with Gasteiger partial charge in [0.25, 0.3) is 0 Å². The van der Waals surface area contributed by atoms with Crippen LogP contribution < -0.4 is 14.2 Å². The summed E-state index contributed by atoms with van der Waals surface area (Å²) in [7, 11) is 1.62. The molecule has 0 radical (unpaired) electrons. The van der Waals surface area contributed by atoms with Crippen LogP contribution in [-0.4, -0.2) is 34.5 Å². The molecule has 1 N–H and O–H groups in total. The summed E-state index contributed by atoms with van der Waals surface area (Å²) < 4.78 is 19.2. The molecule has 0 spiro atoms. The number of ether oxygens (including phenoxy) is 3. The summed E-state index contributed by atoms with van der Waals surface area (Å²) in [5.74, 6) is 3.08. The highest BCUT2D eigenvalue weighted by atomic mass is 16.5. The van der Waals surface area contributed by atoms with Gasteiger partial charge in [-0.25, -0.2) is 4.98 Å². The van der Waals surface area contributed by atoms with Gasteiger partial charge in [0.2, 0.25) is 0 Å². The fourth-order valence-corrected chi connectivity index (χ4v) is 4.10. The number of hydrogen-bond donors (Lipinski definition) is 1. The number of aryl methyl sites for hydroxylation is 3. The Morgan fingerprint density at radius 1 is 0.909 bits per heavy atom. The molecule has 172 valence electrons. The Morgan fingerprint density at radius 3 is 2.27 bits per heavy atom. The van der Waals surface area contributed by atoms with Gasteiger partial charge in [0.1, 0.15) is 42.4 Å². The highest BCUT2D eigenvalue weighted by Gasteiger charge is 2.16. The number of hydrogen-bond acceptors (Lipinski definition) is 5. The van der Waals surface area contributed by atoms with Crippen LogP contribution in [0.3, 0.4) is 0 Å². The molecule has 0 saturated heterocycles. The van der Waals surface area contributed by atoms with E-state index in [1.54, 1.807) is 7.11 Å². The molecular formula is C27H30N2O4. The predicted molar refractivity (Wildman–Crippen MR) is 129 cm³/mol. The summed E-state index contributed by atoms with van der Waals surface area (Å²) in [5, 5.41) is 10.7. The maximum Gasteiger partial charge on any atom is 0.148 e. The SMILES string of the molecule is COc1ccc(OCC(O)Cn2c(COc3c(C)cc(C)cc3C)nc3ccccc32)cc1. The minimum atomic E-state index is -0.716. The van der Waals surface area contributed by atoms with Crippen LogP contribution in [0, 0.1) is 20.8 Å². The molecular weight excluding hydrogens is 416 g/mol. The Labute approximate surface area is 194 Å². The lowest BCUT2D eigenvalue weighted by atomic mass is 10.1. The first-order valence-corrected chi connectivity index (χ1v) is 11.0. The molecule has 1 atom stereocenters. The summed E-state index contributed by atoms with van der Waals surface area (Å²) in [5.41, 5.74) is 5.24. The number of aliphatic hydroxyl groups excluding tert-OH is 1. The third kappa shape index (κ3) is 5.29. The van der Waals surface area contributed by atoms with Crippen LogP contribution in [0.15, 0.2) is 60.7 Å². The van der Waals surface area contributed by atoms with Gasteiger partial charge in [0, 0.05) is 0 Å². The third-order valence-electron chi connectivity index (χ3n) is 5.58. The van der Waals surface area contributed by atoms with Crippen molar-refractivity contribution in [2.24, 2.45) is 0 Å². The maximum absolute atomic E-state index is 10.7. The first kappa shape index (κ1) is 22.7. The number of fused-ring (bicyclic) bond motifs is 1. The highest BCUT2D eigenvalue weighted by Crippen LogP contribution is 2.26. The van der Waals surface area contributed by atoms with Gasteiger partial charge < -0.3 is 23.9 Å². The predicted octanol–water partition coefficient (Wildman–Crippen LogP) is 4.99. The van der Waals surface area contributed by atoms with E-state index < -0.39 is 6.10 Å². The second-order valence-corrected chi connectivity index (χ2v) is 8.28. The van der Waals surface area contributed by atoms with E-state index in [-0.39, 0.29) is 6.61 Å². The van der Waals surface area contributed by atoms with E-state index in [1.165, 1.54) is 5.56 Å². The van der Waals surface area contributed by atoms with Crippen molar-refractivity contribution in [3.05, 3.63) is 83.2 Å². The van der Waals surface area contributed by atoms with Crippen molar-refractivity contribution in [1.82, 2.24) is 9.55 Å². The van der Waals surface area contributed by atoms with E-state index in [0.717, 1.165) is 39.5 Å². The van der Waals surface area contributed by atoms with Crippen molar-refractivity contribution in [2.45, 2.75) is 40.0 Å². The average Bonchev–Trinajstić information content (AvgIpc) is 3.14. The largest absolute Gasteiger partial charge is 0.497 e. The van der Waals surface area contributed by atoms with Crippen LogP contribution in [0.1, 0.15) is 22.5 Å². The van der Waals surface area contributed by atoms with Gasteiger partial charge in [0.15, 0.2) is 0 Å². The molecule has 3 aromatic carbocycles. The number of nitrogens with zero attached hydrogens (tertiary/aromatic N) is 2. The van der Waals surface area contributed by atoms with Crippen molar-refractivity contribution in [2.75, 3.05) is 13.7 Å². The average molecular weight is 447 g/mol. The van der Waals surface area contributed by atoms with E-state index in [2.05, 4.69) is 32.9 Å². The van der Waals surface area contributed by atoms with Crippen LogP contribution in [0.25, 0.3) is 11.0 Å². The Balaban J connectivity index is 1.50. The van der Waals surface area contributed by atoms with Gasteiger partial charge in [-0.2, -0.15) is 0 Å². The molecule has 6 heteroatoms. The third-order valence-corrected chi connectivity index (χ3v) is 5.58. The second-order valence-electron chi connectivity index (χ2n) is 8.28. The number of methoxy groups -OCH3 is 1. The van der Waals surface area contributed by atoms with Gasteiger partial charge in [-0.05, 0) is 68.3 Å². The molecule has 4 rings (SSSR count). The minimum Gasteiger partial charge on any atom is -0.497 e. The van der Waals surface area contributed by atoms with Crippen LogP contribution in [0.2, 0.25) is 0 Å². The lowest BCUT2D eigenvalue weighted by molar-refractivity contribution is 0.0917. The number of rotatable bonds is 9. The van der Waals surface area contributed by atoms with Crippen molar-refractivity contribution >= 4 is 11.0 Å². The molecule has 0 aliphatic carbocycles. The van der Waals surface area contributed by atoms with E-state index >= 15 is 0 Å². The summed E-state index contributed by atoms with van der Waals surface area (Å²) in [6.45, 7) is 7.01. The van der Waals surface area contributed by atoms with Crippen LogP contribution in [0.4, 0.5) is 0 Å². The molecule has 1 aromatic heterocycles. The van der Waals surface area contributed by atoms with Gasteiger partial charge in [-0.15, -0.1) is 0 Å². The standard InChI is InChI=1S/C27H30N2O4/c1-18-13-19(2)27(20(3)14-18)33-17-26-28-24-7-5-6-8-25(24)29(26)15-21(30)16-32-23-11-9-22(31-4)10-12-23/h5-14,21,30H,15-17H2,1-4H3. The van der Waals surface area contributed by atoms with Crippen molar-refractivity contribution in [3.8, 4) is 17.2 Å². The zero-order chi connectivity index (χ0) is 23.4. The fraction of sp³-hybridized carbons (Fsp3) is 0.296. The Bertz CT molecular complexity index is 1210. The molecule has 0 bridgehead atoms. The van der Waals surface area contributed by atoms with E-state index in [9.17, 15) is 5.11 Å². The normalized spacial score (nSPS) is 12.0. The number of imidazole rings is 1. The lowest BCUT2D eigenvalue weighted by Gasteiger charge is -2.17. The van der Waals surface area contributed by atoms with E-state index in [1.807, 2.05) is 53.1 Å². The van der Waals surface area contributed by atoms with Gasteiger partial charge in [-0.1, -0.05) is 29.8 Å². The molecule has 0 aliphatic heterocycles. The van der Waals surface area contributed by atoms with Crippen LogP contribution >= 0.6 is 0 Å². The minimum absolute atomic E-state index is 0.162. The fourth-order valence-electron chi connectivity index (χ4n) is 4.10. The zero-order valence-electron chi connectivity index (χ0n) is 19.5. The number of para-hydroxylation sites is 2. The second kappa shape index (κ2) is 9.96. The maximum atomic E-state index is 10.7. The van der Waals surface area contributed by atoms with Crippen molar-refractivity contribution in [3.63, 3.8) is 0 Å². The van der Waals surface area contributed by atoms with Crippen LogP contribution in [0.5, 0.6) is 17.2 Å². The first-order valence-electron chi connectivity index (χ1n) is 11.0. The van der Waals surface area contributed by atoms with Gasteiger partial charge in [-0.3, -0.25) is 0 Å². The monoisotopic (exact) mass is 446 g/mol. The molecule has 0 aliphatic rings. The number of aliphatic hydroxyl groups is 1. The van der Waals surface area contributed by atoms with Gasteiger partial charge in [0.05, 0.1) is 24.7 Å².